The third kappa shape index (κ3) is 3.38. The maximum atomic E-state index is 3.71. The first-order chi connectivity index (χ1) is 7.85. The number of nitrogens with one attached hydrogen (secondary N) is 2. The highest BCUT2D eigenvalue weighted by Crippen LogP contribution is 2.40. The van der Waals surface area contributed by atoms with E-state index in [4.69, 9.17) is 0 Å². The van der Waals surface area contributed by atoms with Gasteiger partial charge in [-0.25, -0.2) is 0 Å². The van der Waals surface area contributed by atoms with Crippen LogP contribution in [0.15, 0.2) is 0 Å². The fourth-order valence-electron chi connectivity index (χ4n) is 3.04. The van der Waals surface area contributed by atoms with E-state index in [1.54, 1.807) is 0 Å². The fraction of sp³-hybridized carbons (Fsp3) is 1.00. The zero-order valence-electron chi connectivity index (χ0n) is 10.6. The molecule has 2 nitrogen and oxygen atoms in total. The molecule has 1 heterocycles. The molecule has 2 N–H and O–H groups in total. The number of hydrogen-bond donors (Lipinski definition) is 2. The first-order valence-electron chi connectivity index (χ1n) is 6.86. The lowest BCUT2D eigenvalue weighted by Crippen LogP contribution is -2.46. The van der Waals surface area contributed by atoms with Crippen molar-refractivity contribution in [2.24, 2.45) is 5.41 Å². The number of rotatable bonds is 5. The average molecular weight is 242 g/mol. The largest absolute Gasteiger partial charge is 0.315 e. The smallest absolute Gasteiger partial charge is 0.0283 e. The van der Waals surface area contributed by atoms with Gasteiger partial charge in [0.05, 0.1) is 0 Å². The normalized spacial score (nSPS) is 29.4. The Morgan fingerprint density at radius 2 is 2.19 bits per heavy atom. The van der Waals surface area contributed by atoms with Crippen LogP contribution >= 0.6 is 11.8 Å². The van der Waals surface area contributed by atoms with E-state index in [-0.39, 0.29) is 0 Å². The van der Waals surface area contributed by atoms with E-state index < -0.39 is 0 Å². The highest BCUT2D eigenvalue weighted by Gasteiger charge is 2.31. The van der Waals surface area contributed by atoms with Crippen LogP contribution in [-0.2, 0) is 0 Å². The third-order valence-electron chi connectivity index (χ3n) is 4.30. The van der Waals surface area contributed by atoms with Gasteiger partial charge in [0.25, 0.3) is 0 Å². The summed E-state index contributed by atoms with van der Waals surface area (Å²) in [6, 6.07) is 0.703. The molecule has 16 heavy (non-hydrogen) atoms. The molecule has 1 saturated carbocycles. The van der Waals surface area contributed by atoms with Crippen LogP contribution < -0.4 is 10.6 Å². The van der Waals surface area contributed by atoms with Gasteiger partial charge in [-0.2, -0.15) is 11.8 Å². The van der Waals surface area contributed by atoms with Gasteiger partial charge in [0.15, 0.2) is 0 Å². The molecule has 1 saturated heterocycles. The average Bonchev–Trinajstić information content (AvgIpc) is 2.80. The zero-order valence-corrected chi connectivity index (χ0v) is 11.4. The summed E-state index contributed by atoms with van der Waals surface area (Å²) in [5, 5.41) is 7.30. The molecule has 0 radical (unpaired) electrons. The summed E-state index contributed by atoms with van der Waals surface area (Å²) in [7, 11) is 0. The zero-order chi connectivity index (χ0) is 11.3. The van der Waals surface area contributed by atoms with Crippen LogP contribution in [0.3, 0.4) is 0 Å². The molecule has 0 bridgehead atoms. The summed E-state index contributed by atoms with van der Waals surface area (Å²) in [5.41, 5.74) is 0.641. The van der Waals surface area contributed by atoms with Gasteiger partial charge < -0.3 is 10.6 Å². The predicted octanol–water partition coefficient (Wildman–Crippen LogP) is 2.25. The Labute approximate surface area is 104 Å². The molecule has 0 aromatic carbocycles. The SMILES string of the molecule is CCC1(CNCC2CSCCN2)CCCC1. The Balaban J connectivity index is 1.66. The van der Waals surface area contributed by atoms with Crippen LogP contribution in [0.5, 0.6) is 0 Å². The van der Waals surface area contributed by atoms with Crippen LogP contribution in [0.25, 0.3) is 0 Å². The molecule has 2 fully saturated rings. The maximum absolute atomic E-state index is 3.71. The van der Waals surface area contributed by atoms with Gasteiger partial charge in [0, 0.05) is 37.2 Å². The van der Waals surface area contributed by atoms with Crippen LogP contribution in [0.1, 0.15) is 39.0 Å². The Bertz CT molecular complexity index is 196. The number of hydrogen-bond acceptors (Lipinski definition) is 3. The first-order valence-corrected chi connectivity index (χ1v) is 8.02. The van der Waals surface area contributed by atoms with Gasteiger partial charge in [-0.1, -0.05) is 19.8 Å². The van der Waals surface area contributed by atoms with E-state index in [2.05, 4.69) is 29.3 Å². The molecule has 2 aliphatic rings. The van der Waals surface area contributed by atoms with Gasteiger partial charge in [-0.05, 0) is 24.7 Å². The second kappa shape index (κ2) is 6.27. The lowest BCUT2D eigenvalue weighted by atomic mass is 9.83. The van der Waals surface area contributed by atoms with E-state index >= 15 is 0 Å². The summed E-state index contributed by atoms with van der Waals surface area (Å²) in [5.74, 6) is 2.57. The van der Waals surface area contributed by atoms with E-state index in [9.17, 15) is 0 Å². The van der Waals surface area contributed by atoms with Crippen LogP contribution in [0.4, 0.5) is 0 Å². The number of thioether (sulfide) groups is 1. The topological polar surface area (TPSA) is 24.1 Å². The molecule has 3 heteroatoms. The van der Waals surface area contributed by atoms with Gasteiger partial charge in [0.1, 0.15) is 0 Å². The fourth-order valence-corrected chi connectivity index (χ4v) is 3.99. The van der Waals surface area contributed by atoms with Gasteiger partial charge in [-0.15, -0.1) is 0 Å². The minimum absolute atomic E-state index is 0.641. The van der Waals surface area contributed by atoms with Crippen molar-refractivity contribution in [1.29, 1.82) is 0 Å². The van der Waals surface area contributed by atoms with Gasteiger partial charge in [-0.3, -0.25) is 0 Å². The highest BCUT2D eigenvalue weighted by atomic mass is 32.2. The standard InChI is InChI=1S/C13H26N2S/c1-2-13(5-3-4-6-13)11-14-9-12-10-16-8-7-15-12/h12,14-15H,2-11H2,1H3. The summed E-state index contributed by atoms with van der Waals surface area (Å²) < 4.78 is 0. The van der Waals surface area contributed by atoms with Crippen molar-refractivity contribution in [3.05, 3.63) is 0 Å². The van der Waals surface area contributed by atoms with Crippen LogP contribution in [-0.4, -0.2) is 37.2 Å². The van der Waals surface area contributed by atoms with Crippen molar-refractivity contribution in [2.45, 2.75) is 45.1 Å². The van der Waals surface area contributed by atoms with Crippen molar-refractivity contribution in [1.82, 2.24) is 10.6 Å². The second-order valence-electron chi connectivity index (χ2n) is 5.42. The van der Waals surface area contributed by atoms with Gasteiger partial charge >= 0.3 is 0 Å². The molecule has 1 aliphatic heterocycles. The van der Waals surface area contributed by atoms with Crippen LogP contribution in [0.2, 0.25) is 0 Å². The summed E-state index contributed by atoms with van der Waals surface area (Å²) in [6.45, 7) is 5.96. The summed E-state index contributed by atoms with van der Waals surface area (Å²) in [4.78, 5) is 0. The highest BCUT2D eigenvalue weighted by molar-refractivity contribution is 7.99. The van der Waals surface area contributed by atoms with Crippen molar-refractivity contribution >= 4 is 11.8 Å². The Morgan fingerprint density at radius 3 is 2.81 bits per heavy atom. The molecule has 2 rings (SSSR count). The van der Waals surface area contributed by atoms with Crippen molar-refractivity contribution in [3.8, 4) is 0 Å². The van der Waals surface area contributed by atoms with Crippen molar-refractivity contribution in [2.75, 3.05) is 31.1 Å². The summed E-state index contributed by atoms with van der Waals surface area (Å²) >= 11 is 2.09. The molecule has 0 amide bonds. The lowest BCUT2D eigenvalue weighted by Gasteiger charge is -2.30. The second-order valence-corrected chi connectivity index (χ2v) is 6.57. The van der Waals surface area contributed by atoms with Crippen molar-refractivity contribution in [3.63, 3.8) is 0 Å². The van der Waals surface area contributed by atoms with Crippen molar-refractivity contribution < 1.29 is 0 Å². The van der Waals surface area contributed by atoms with E-state index in [0.29, 0.717) is 11.5 Å². The molecule has 1 atom stereocenters. The van der Waals surface area contributed by atoms with E-state index in [1.165, 1.54) is 56.7 Å². The Hall–Kier alpha value is 0.270. The molecule has 94 valence electrons. The minimum Gasteiger partial charge on any atom is -0.315 e. The molecule has 0 spiro atoms. The van der Waals surface area contributed by atoms with E-state index in [0.717, 1.165) is 6.54 Å². The molecule has 1 unspecified atom stereocenters. The van der Waals surface area contributed by atoms with Crippen LogP contribution in [0, 0.1) is 5.41 Å². The molecule has 0 aromatic heterocycles. The molecular formula is C13H26N2S. The molecule has 1 aliphatic carbocycles. The Morgan fingerprint density at radius 1 is 1.38 bits per heavy atom. The third-order valence-corrected chi connectivity index (χ3v) is 5.43. The van der Waals surface area contributed by atoms with E-state index in [1.807, 2.05) is 0 Å². The monoisotopic (exact) mass is 242 g/mol. The van der Waals surface area contributed by atoms with Gasteiger partial charge in [0.2, 0.25) is 0 Å². The quantitative estimate of drug-likeness (QED) is 0.773. The first kappa shape index (κ1) is 12.7. The molecular weight excluding hydrogens is 216 g/mol. The predicted molar refractivity (Wildman–Crippen MR) is 73.2 cm³/mol. The lowest BCUT2D eigenvalue weighted by molar-refractivity contribution is 0.265. The summed E-state index contributed by atoms with van der Waals surface area (Å²) in [6.07, 6.45) is 7.15. The minimum atomic E-state index is 0.641. The maximum Gasteiger partial charge on any atom is 0.0283 e. The molecule has 0 aromatic rings. The Kier molecular flexibility index (Phi) is 4.98.